The second-order valence-electron chi connectivity index (χ2n) is 3.82. The SMILES string of the molecule is NC(=NO)c1cc([N+](=O)[O-])cnc1Sc1ccccc1F. The molecule has 0 bridgehead atoms. The molecule has 0 spiro atoms. The second kappa shape index (κ2) is 6.18. The maximum Gasteiger partial charge on any atom is 0.288 e. The summed E-state index contributed by atoms with van der Waals surface area (Å²) in [6.07, 6.45) is 1.03. The summed E-state index contributed by atoms with van der Waals surface area (Å²) in [6, 6.07) is 7.09. The third-order valence-corrected chi connectivity index (χ3v) is 3.54. The van der Waals surface area contributed by atoms with Gasteiger partial charge in [0.1, 0.15) is 17.0 Å². The predicted octanol–water partition coefficient (Wildman–Crippen LogP) is 2.37. The van der Waals surface area contributed by atoms with Crippen molar-refractivity contribution in [3.05, 3.63) is 58.0 Å². The van der Waals surface area contributed by atoms with Crippen molar-refractivity contribution in [3.8, 4) is 0 Å². The Hall–Kier alpha value is -2.68. The van der Waals surface area contributed by atoms with Crippen molar-refractivity contribution in [1.29, 1.82) is 0 Å². The molecular weight excluding hydrogens is 299 g/mol. The maximum atomic E-state index is 13.6. The van der Waals surface area contributed by atoms with Gasteiger partial charge in [0.05, 0.1) is 10.5 Å². The molecule has 2 rings (SSSR count). The third kappa shape index (κ3) is 3.26. The molecular formula is C12H9FN4O3S. The van der Waals surface area contributed by atoms with Crippen molar-refractivity contribution in [3.63, 3.8) is 0 Å². The molecule has 0 unspecified atom stereocenters. The van der Waals surface area contributed by atoms with Gasteiger partial charge in [-0.3, -0.25) is 10.1 Å². The fourth-order valence-electron chi connectivity index (χ4n) is 1.49. The van der Waals surface area contributed by atoms with Crippen LogP contribution in [0, 0.1) is 15.9 Å². The van der Waals surface area contributed by atoms with Crippen LogP contribution in [-0.2, 0) is 0 Å². The standard InChI is InChI=1S/C12H9FN4O3S/c13-9-3-1-2-4-10(9)21-12-8(11(14)16-18)5-7(6-15-12)17(19)20/h1-6,18H,(H2,14,16). The monoisotopic (exact) mass is 308 g/mol. The summed E-state index contributed by atoms with van der Waals surface area (Å²) in [5.41, 5.74) is 5.23. The molecule has 0 amide bonds. The zero-order valence-electron chi connectivity index (χ0n) is 10.4. The molecule has 9 heteroatoms. The number of rotatable bonds is 4. The smallest absolute Gasteiger partial charge is 0.288 e. The van der Waals surface area contributed by atoms with Crippen molar-refractivity contribution in [1.82, 2.24) is 4.98 Å². The first-order chi connectivity index (χ1) is 10.0. The number of nitrogens with two attached hydrogens (primary N) is 1. The topological polar surface area (TPSA) is 115 Å². The molecule has 21 heavy (non-hydrogen) atoms. The van der Waals surface area contributed by atoms with Gasteiger partial charge >= 0.3 is 0 Å². The molecule has 1 heterocycles. The van der Waals surface area contributed by atoms with Crippen LogP contribution in [-0.4, -0.2) is 21.0 Å². The van der Waals surface area contributed by atoms with E-state index in [-0.39, 0.29) is 27.0 Å². The van der Waals surface area contributed by atoms with Crippen LogP contribution in [0.4, 0.5) is 10.1 Å². The van der Waals surface area contributed by atoms with E-state index in [1.54, 1.807) is 6.07 Å². The first kappa shape index (κ1) is 14.7. The first-order valence-corrected chi connectivity index (χ1v) is 6.39. The lowest BCUT2D eigenvalue weighted by Gasteiger charge is -2.07. The number of oxime groups is 1. The molecule has 108 valence electrons. The Morgan fingerprint density at radius 1 is 1.48 bits per heavy atom. The van der Waals surface area contributed by atoms with Crippen LogP contribution in [0.25, 0.3) is 0 Å². The van der Waals surface area contributed by atoms with Crippen LogP contribution in [0.3, 0.4) is 0 Å². The van der Waals surface area contributed by atoms with Crippen LogP contribution in [0.2, 0.25) is 0 Å². The molecule has 3 N–H and O–H groups in total. The number of halogens is 1. The quantitative estimate of drug-likeness (QED) is 0.294. The van der Waals surface area contributed by atoms with Crippen LogP contribution in [0.1, 0.15) is 5.56 Å². The number of nitro groups is 1. The highest BCUT2D eigenvalue weighted by Crippen LogP contribution is 2.31. The fourth-order valence-corrected chi connectivity index (χ4v) is 2.39. The van der Waals surface area contributed by atoms with Gasteiger partial charge in [0, 0.05) is 11.0 Å². The Labute approximate surface area is 122 Å². The van der Waals surface area contributed by atoms with Crippen LogP contribution >= 0.6 is 11.8 Å². The number of hydrogen-bond donors (Lipinski definition) is 2. The molecule has 0 aliphatic heterocycles. The minimum absolute atomic E-state index is 0.0555. The van der Waals surface area contributed by atoms with E-state index < -0.39 is 10.7 Å². The molecule has 0 radical (unpaired) electrons. The normalized spacial score (nSPS) is 11.4. The summed E-state index contributed by atoms with van der Waals surface area (Å²) >= 11 is 0.924. The zero-order chi connectivity index (χ0) is 15.4. The van der Waals surface area contributed by atoms with E-state index in [0.717, 1.165) is 24.0 Å². The molecule has 0 saturated heterocycles. The van der Waals surface area contributed by atoms with E-state index in [9.17, 15) is 14.5 Å². The average molecular weight is 308 g/mol. The van der Waals surface area contributed by atoms with Crippen molar-refractivity contribution >= 4 is 23.3 Å². The van der Waals surface area contributed by atoms with E-state index in [2.05, 4.69) is 10.1 Å². The molecule has 0 aliphatic rings. The molecule has 1 aromatic carbocycles. The molecule has 0 fully saturated rings. The van der Waals surface area contributed by atoms with Gasteiger partial charge in [0.25, 0.3) is 5.69 Å². The highest BCUT2D eigenvalue weighted by atomic mass is 32.2. The van der Waals surface area contributed by atoms with E-state index in [1.807, 2.05) is 0 Å². The molecule has 1 aromatic heterocycles. The molecule has 0 saturated carbocycles. The minimum atomic E-state index is -0.654. The van der Waals surface area contributed by atoms with Gasteiger partial charge in [-0.2, -0.15) is 0 Å². The summed E-state index contributed by atoms with van der Waals surface area (Å²) in [6.45, 7) is 0. The number of nitrogens with zero attached hydrogens (tertiary/aromatic N) is 3. The van der Waals surface area contributed by atoms with Gasteiger partial charge in [-0.05, 0) is 12.1 Å². The van der Waals surface area contributed by atoms with Gasteiger partial charge in [-0.15, -0.1) is 0 Å². The van der Waals surface area contributed by atoms with Crippen molar-refractivity contribution < 1.29 is 14.5 Å². The number of benzene rings is 1. The van der Waals surface area contributed by atoms with Gasteiger partial charge in [0.2, 0.25) is 0 Å². The van der Waals surface area contributed by atoms with Crippen LogP contribution < -0.4 is 5.73 Å². The Balaban J connectivity index is 2.48. The molecule has 0 atom stereocenters. The summed E-state index contributed by atoms with van der Waals surface area (Å²) in [5.74, 6) is -0.807. The average Bonchev–Trinajstić information content (AvgIpc) is 2.49. The minimum Gasteiger partial charge on any atom is -0.409 e. The summed E-state index contributed by atoms with van der Waals surface area (Å²) in [4.78, 5) is 14.2. The lowest BCUT2D eigenvalue weighted by Crippen LogP contribution is -2.15. The van der Waals surface area contributed by atoms with E-state index in [4.69, 9.17) is 10.9 Å². The molecule has 2 aromatic rings. The number of hydrogen-bond acceptors (Lipinski definition) is 6. The Bertz CT molecular complexity index is 723. The molecule has 0 aliphatic carbocycles. The highest BCUT2D eigenvalue weighted by Gasteiger charge is 2.17. The van der Waals surface area contributed by atoms with E-state index in [0.29, 0.717) is 0 Å². The first-order valence-electron chi connectivity index (χ1n) is 5.57. The van der Waals surface area contributed by atoms with E-state index in [1.165, 1.54) is 18.2 Å². The number of aromatic nitrogens is 1. The van der Waals surface area contributed by atoms with Crippen LogP contribution in [0.15, 0.2) is 51.6 Å². The van der Waals surface area contributed by atoms with Crippen molar-refractivity contribution in [2.45, 2.75) is 9.92 Å². The fraction of sp³-hybridized carbons (Fsp3) is 0. The lowest BCUT2D eigenvalue weighted by molar-refractivity contribution is -0.385. The van der Waals surface area contributed by atoms with Crippen molar-refractivity contribution in [2.75, 3.05) is 0 Å². The highest BCUT2D eigenvalue weighted by molar-refractivity contribution is 7.99. The largest absolute Gasteiger partial charge is 0.409 e. The van der Waals surface area contributed by atoms with Crippen molar-refractivity contribution in [2.24, 2.45) is 10.9 Å². The summed E-state index contributed by atoms with van der Waals surface area (Å²) in [5, 5.41) is 22.5. The predicted molar refractivity (Wildman–Crippen MR) is 73.9 cm³/mol. The van der Waals surface area contributed by atoms with Gasteiger partial charge in [0.15, 0.2) is 5.84 Å². The zero-order valence-corrected chi connectivity index (χ0v) is 11.2. The Morgan fingerprint density at radius 3 is 2.81 bits per heavy atom. The Kier molecular flexibility index (Phi) is 4.33. The Morgan fingerprint density at radius 2 is 2.19 bits per heavy atom. The molecule has 7 nitrogen and oxygen atoms in total. The van der Waals surface area contributed by atoms with Gasteiger partial charge < -0.3 is 10.9 Å². The van der Waals surface area contributed by atoms with Gasteiger partial charge in [-0.25, -0.2) is 9.37 Å². The third-order valence-electron chi connectivity index (χ3n) is 2.47. The maximum absolute atomic E-state index is 13.6. The number of amidine groups is 1. The number of pyridine rings is 1. The summed E-state index contributed by atoms with van der Waals surface area (Å²) < 4.78 is 13.6. The van der Waals surface area contributed by atoms with Gasteiger partial charge in [-0.1, -0.05) is 29.1 Å². The van der Waals surface area contributed by atoms with Crippen LogP contribution in [0.5, 0.6) is 0 Å². The second-order valence-corrected chi connectivity index (χ2v) is 4.85. The summed E-state index contributed by atoms with van der Waals surface area (Å²) in [7, 11) is 0. The van der Waals surface area contributed by atoms with E-state index >= 15 is 0 Å². The lowest BCUT2D eigenvalue weighted by atomic mass is 10.2.